The van der Waals surface area contributed by atoms with Crippen LogP contribution in [0.2, 0.25) is 0 Å². The van der Waals surface area contributed by atoms with Crippen LogP contribution in [0.15, 0.2) is 0 Å². The fraction of sp³-hybridized carbons (Fsp3) is 0.833. The van der Waals surface area contributed by atoms with Gasteiger partial charge in [0.25, 0.3) is 0 Å². The van der Waals surface area contributed by atoms with Crippen molar-refractivity contribution in [3.63, 3.8) is 0 Å². The molecule has 0 unspecified atom stereocenters. The Morgan fingerprint density at radius 3 is 2.27 bits per heavy atom. The van der Waals surface area contributed by atoms with Crippen LogP contribution >= 0.6 is 0 Å². The van der Waals surface area contributed by atoms with E-state index in [4.69, 9.17) is 15.3 Å². The van der Waals surface area contributed by atoms with Gasteiger partial charge in [0.2, 0.25) is 0 Å². The van der Waals surface area contributed by atoms with Crippen molar-refractivity contribution in [2.75, 3.05) is 0 Å². The summed E-state index contributed by atoms with van der Waals surface area (Å²) in [6.07, 6.45) is 0.370. The predicted octanol–water partition coefficient (Wildman–Crippen LogP) is -2.94. The summed E-state index contributed by atoms with van der Waals surface area (Å²) in [6.45, 7) is 1.23. The maximum absolute atomic E-state index is 9.92. The van der Waals surface area contributed by atoms with Crippen molar-refractivity contribution in [1.29, 1.82) is 0 Å². The summed E-state index contributed by atoms with van der Waals surface area (Å²) in [6, 6.07) is 0. The molecule has 0 saturated heterocycles. The molecule has 0 aliphatic carbocycles. The Labute approximate surface area is 89.0 Å². The third-order valence-electron chi connectivity index (χ3n) is 1.04. The van der Waals surface area contributed by atoms with E-state index in [1.54, 1.807) is 0 Å². The van der Waals surface area contributed by atoms with Gasteiger partial charge in [-0.3, -0.25) is 4.79 Å². The van der Waals surface area contributed by atoms with Crippen molar-refractivity contribution >= 4 is 5.97 Å². The van der Waals surface area contributed by atoms with E-state index >= 15 is 0 Å². The molecule has 0 heterocycles. The average Bonchev–Trinajstić information content (AvgIpc) is 1.59. The average molecular weight is 172 g/mol. The van der Waals surface area contributed by atoms with Crippen molar-refractivity contribution in [2.24, 2.45) is 0 Å². The molecule has 11 heavy (non-hydrogen) atoms. The first-order chi connectivity index (χ1) is 4.42. The summed E-state index contributed by atoms with van der Waals surface area (Å²) in [5.41, 5.74) is 0. The molecule has 3 N–H and O–H groups in total. The molecule has 0 rings (SSSR count). The zero-order valence-corrected chi connectivity index (χ0v) is 8.87. The SMILES string of the molecule is CC(O)(O)CCCC(=O)O.[H-].[Na+]. The summed E-state index contributed by atoms with van der Waals surface area (Å²) in [5, 5.41) is 25.5. The second-order valence-corrected chi connectivity index (χ2v) is 2.46. The normalized spacial score (nSPS) is 10.5. The van der Waals surface area contributed by atoms with Crippen LogP contribution in [-0.4, -0.2) is 27.1 Å². The molecule has 0 bridgehead atoms. The molecule has 0 spiro atoms. The fourth-order valence-corrected chi connectivity index (χ4v) is 0.575. The summed E-state index contributed by atoms with van der Waals surface area (Å²) >= 11 is 0. The van der Waals surface area contributed by atoms with Gasteiger partial charge in [-0.1, -0.05) is 0 Å². The molecule has 0 amide bonds. The molecule has 4 nitrogen and oxygen atoms in total. The number of carbonyl (C=O) groups is 1. The number of aliphatic hydroxyl groups is 2. The van der Waals surface area contributed by atoms with Crippen LogP contribution in [0.25, 0.3) is 0 Å². The standard InChI is InChI=1S/C6H12O4.Na.H/c1-6(9,10)4-2-3-5(7)8;;/h9-10H,2-4H2,1H3,(H,7,8);;/q;+1;-1. The molecule has 0 atom stereocenters. The van der Waals surface area contributed by atoms with Crippen molar-refractivity contribution in [2.45, 2.75) is 32.0 Å². The van der Waals surface area contributed by atoms with Gasteiger partial charge in [-0.15, -0.1) is 0 Å². The van der Waals surface area contributed by atoms with E-state index in [0.717, 1.165) is 0 Å². The molecule has 0 saturated carbocycles. The van der Waals surface area contributed by atoms with Crippen LogP contribution in [0.4, 0.5) is 0 Å². The second kappa shape index (κ2) is 5.97. The van der Waals surface area contributed by atoms with Gasteiger partial charge in [-0.2, -0.15) is 0 Å². The van der Waals surface area contributed by atoms with Gasteiger partial charge >= 0.3 is 35.5 Å². The maximum Gasteiger partial charge on any atom is 1.00 e. The molecule has 62 valence electrons. The summed E-state index contributed by atoms with van der Waals surface area (Å²) in [5.74, 6) is -2.64. The predicted molar refractivity (Wildman–Crippen MR) is 35.4 cm³/mol. The van der Waals surface area contributed by atoms with Crippen molar-refractivity contribution < 1.29 is 51.1 Å². The van der Waals surface area contributed by atoms with Gasteiger partial charge in [-0.05, 0) is 13.3 Å². The van der Waals surface area contributed by atoms with Crippen LogP contribution in [0.5, 0.6) is 0 Å². The van der Waals surface area contributed by atoms with Crippen molar-refractivity contribution in [1.82, 2.24) is 0 Å². The number of carboxylic acids is 1. The van der Waals surface area contributed by atoms with E-state index in [1.807, 2.05) is 0 Å². The number of rotatable bonds is 4. The van der Waals surface area contributed by atoms with Gasteiger partial charge in [-0.25, -0.2) is 0 Å². The van der Waals surface area contributed by atoms with Crippen LogP contribution in [0.1, 0.15) is 27.6 Å². The smallest absolute Gasteiger partial charge is 1.00 e. The van der Waals surface area contributed by atoms with Gasteiger partial charge in [0, 0.05) is 12.8 Å². The fourth-order valence-electron chi connectivity index (χ4n) is 0.575. The maximum atomic E-state index is 9.92. The number of hydrogen-bond donors (Lipinski definition) is 3. The quantitative estimate of drug-likeness (QED) is 0.313. The number of carboxylic acid groups (broad SMARTS) is 1. The van der Waals surface area contributed by atoms with Crippen LogP contribution in [0, 0.1) is 0 Å². The molecule has 0 radical (unpaired) electrons. The summed E-state index contributed by atoms with van der Waals surface area (Å²) in [7, 11) is 0. The zero-order chi connectivity index (χ0) is 8.20. The van der Waals surface area contributed by atoms with Crippen molar-refractivity contribution in [3.05, 3.63) is 0 Å². The Kier molecular flexibility index (Phi) is 7.57. The zero-order valence-electron chi connectivity index (χ0n) is 7.87. The van der Waals surface area contributed by atoms with Gasteiger partial charge in [0.15, 0.2) is 5.79 Å². The molecule has 0 aromatic carbocycles. The van der Waals surface area contributed by atoms with Gasteiger partial charge in [0.1, 0.15) is 0 Å². The third-order valence-corrected chi connectivity index (χ3v) is 1.04. The molecule has 0 aromatic heterocycles. The van der Waals surface area contributed by atoms with Gasteiger partial charge in [0.05, 0.1) is 0 Å². The largest absolute Gasteiger partial charge is 1.00 e. The van der Waals surface area contributed by atoms with Crippen molar-refractivity contribution in [3.8, 4) is 0 Å². The van der Waals surface area contributed by atoms with E-state index in [0.29, 0.717) is 6.42 Å². The second-order valence-electron chi connectivity index (χ2n) is 2.46. The van der Waals surface area contributed by atoms with Crippen LogP contribution in [0.3, 0.4) is 0 Å². The molecule has 0 aromatic rings. The van der Waals surface area contributed by atoms with Crippen LogP contribution in [-0.2, 0) is 4.79 Å². The molecule has 0 aliphatic heterocycles. The number of hydrogen-bond acceptors (Lipinski definition) is 3. The number of aliphatic carboxylic acids is 1. The minimum Gasteiger partial charge on any atom is -1.00 e. The molecule has 0 aliphatic rings. The monoisotopic (exact) mass is 172 g/mol. The van der Waals surface area contributed by atoms with E-state index in [1.165, 1.54) is 6.92 Å². The molecule has 0 fully saturated rings. The Morgan fingerprint density at radius 1 is 1.55 bits per heavy atom. The first-order valence-corrected chi connectivity index (χ1v) is 3.08. The van der Waals surface area contributed by atoms with E-state index < -0.39 is 11.8 Å². The van der Waals surface area contributed by atoms with E-state index in [-0.39, 0.29) is 43.8 Å². The topological polar surface area (TPSA) is 77.8 Å². The van der Waals surface area contributed by atoms with Crippen LogP contribution < -0.4 is 29.6 Å². The van der Waals surface area contributed by atoms with E-state index in [9.17, 15) is 4.79 Å². The molecule has 5 heteroatoms. The first-order valence-electron chi connectivity index (χ1n) is 3.08. The minimum absolute atomic E-state index is 0. The van der Waals surface area contributed by atoms with E-state index in [2.05, 4.69) is 0 Å². The molecular formula is C6H13NaO4. The van der Waals surface area contributed by atoms with Gasteiger partial charge < -0.3 is 16.7 Å². The summed E-state index contributed by atoms with van der Waals surface area (Å²) in [4.78, 5) is 9.92. The minimum atomic E-state index is -1.73. The Hall–Kier alpha value is 0.390. The first kappa shape index (κ1) is 13.9. The molecular weight excluding hydrogens is 159 g/mol. The summed E-state index contributed by atoms with van der Waals surface area (Å²) < 4.78 is 0. The Bertz CT molecular complexity index is 123. The third kappa shape index (κ3) is 13.4. The Morgan fingerprint density at radius 2 is 2.00 bits per heavy atom. The Balaban J connectivity index is -0.000000405.